The summed E-state index contributed by atoms with van der Waals surface area (Å²) in [5, 5.41) is 2.68. The number of hydrogen-bond acceptors (Lipinski definition) is 1. The normalized spacial score (nSPS) is 10.4. The third-order valence-electron chi connectivity index (χ3n) is 4.19. The SMILES string of the molecule is Cc1ccc(-c2cc3c(-c4ccccc4)c(C)ccc3[cH-]2)s1.[Cl][Zr][Cl]. The molecular weight excluding hydrogens is 446 g/mol. The molecule has 0 aliphatic carbocycles. The molecule has 0 nitrogen and oxygen atoms in total. The van der Waals surface area contributed by atoms with Crippen molar-refractivity contribution in [1.82, 2.24) is 0 Å². The van der Waals surface area contributed by atoms with Gasteiger partial charge in [0.2, 0.25) is 0 Å². The quantitative estimate of drug-likeness (QED) is 0.265. The number of aryl methyl sites for hydroxylation is 2. The van der Waals surface area contributed by atoms with Crippen LogP contribution in [0.1, 0.15) is 10.4 Å². The van der Waals surface area contributed by atoms with Gasteiger partial charge in [0.1, 0.15) is 0 Å². The predicted octanol–water partition coefficient (Wildman–Crippen LogP) is 7.95. The van der Waals surface area contributed by atoms with Crippen LogP contribution in [0.15, 0.2) is 66.7 Å². The monoisotopic (exact) mass is 461 g/mol. The minimum absolute atomic E-state index is 0.826. The van der Waals surface area contributed by atoms with Crippen molar-refractivity contribution < 1.29 is 20.8 Å². The standard InChI is InChI=1S/C21H17S.2ClH.Zr/c1-14-8-10-17-12-18(20-11-9-15(2)22-20)13-19(17)21(14)16-6-4-3-5-7-16;;;/h3-13H,1-2H3;2*1H;/q-1;;;+2/p-2. The molecule has 0 saturated heterocycles. The van der Waals surface area contributed by atoms with Crippen LogP contribution in [0.2, 0.25) is 0 Å². The second-order valence-electron chi connectivity index (χ2n) is 5.85. The van der Waals surface area contributed by atoms with E-state index in [9.17, 15) is 0 Å². The van der Waals surface area contributed by atoms with E-state index in [2.05, 4.69) is 80.6 Å². The molecule has 4 rings (SSSR count). The average Bonchev–Trinajstić information content (AvgIpc) is 3.22. The molecule has 126 valence electrons. The molecule has 0 saturated carbocycles. The Labute approximate surface area is 171 Å². The van der Waals surface area contributed by atoms with Crippen LogP contribution in [0, 0.1) is 13.8 Å². The second kappa shape index (κ2) is 8.73. The van der Waals surface area contributed by atoms with E-state index in [1.54, 1.807) is 0 Å². The Bertz CT molecular complexity index is 970. The first-order valence-corrected chi connectivity index (χ1v) is 15.1. The maximum absolute atomic E-state index is 4.93. The van der Waals surface area contributed by atoms with Gasteiger partial charge in [-0.25, -0.2) is 0 Å². The Morgan fingerprint density at radius 1 is 0.920 bits per heavy atom. The van der Waals surface area contributed by atoms with Gasteiger partial charge in [0.05, 0.1) is 0 Å². The van der Waals surface area contributed by atoms with Crippen molar-refractivity contribution in [1.29, 1.82) is 0 Å². The first-order chi connectivity index (χ1) is 12.1. The van der Waals surface area contributed by atoms with Crippen LogP contribution in [0.4, 0.5) is 0 Å². The fourth-order valence-electron chi connectivity index (χ4n) is 3.11. The van der Waals surface area contributed by atoms with Crippen LogP contribution < -0.4 is 0 Å². The Morgan fingerprint density at radius 2 is 1.64 bits per heavy atom. The number of hydrogen-bond donors (Lipinski definition) is 0. The minimum atomic E-state index is -0.826. The van der Waals surface area contributed by atoms with Crippen molar-refractivity contribution in [2.75, 3.05) is 0 Å². The van der Waals surface area contributed by atoms with Crippen LogP contribution >= 0.6 is 28.4 Å². The van der Waals surface area contributed by atoms with E-state index in [4.69, 9.17) is 17.0 Å². The molecule has 0 N–H and O–H groups in total. The second-order valence-corrected chi connectivity index (χ2v) is 10.9. The van der Waals surface area contributed by atoms with Crippen molar-refractivity contribution in [2.45, 2.75) is 13.8 Å². The van der Waals surface area contributed by atoms with E-state index in [0.29, 0.717) is 0 Å². The van der Waals surface area contributed by atoms with Gasteiger partial charge < -0.3 is 0 Å². The molecule has 0 amide bonds. The zero-order valence-electron chi connectivity index (χ0n) is 14.0. The molecule has 25 heavy (non-hydrogen) atoms. The van der Waals surface area contributed by atoms with E-state index < -0.39 is 20.8 Å². The number of thiophene rings is 1. The van der Waals surface area contributed by atoms with Gasteiger partial charge in [-0.05, 0) is 34.7 Å². The molecule has 0 bridgehead atoms. The summed E-state index contributed by atoms with van der Waals surface area (Å²) in [6.45, 7) is 4.36. The van der Waals surface area contributed by atoms with Crippen LogP contribution in [0.25, 0.3) is 32.3 Å². The van der Waals surface area contributed by atoms with E-state index in [-0.39, 0.29) is 0 Å². The molecule has 0 aliphatic heterocycles. The Kier molecular flexibility index (Phi) is 6.63. The number of benzene rings is 2. The molecule has 4 aromatic rings. The molecular formula is C21H17Cl2SZr-. The predicted molar refractivity (Wildman–Crippen MR) is 109 cm³/mol. The van der Waals surface area contributed by atoms with Crippen molar-refractivity contribution in [3.8, 4) is 21.6 Å². The third-order valence-corrected chi connectivity index (χ3v) is 5.24. The summed E-state index contributed by atoms with van der Waals surface area (Å²) < 4.78 is 0. The topological polar surface area (TPSA) is 0 Å². The molecule has 0 aliphatic rings. The van der Waals surface area contributed by atoms with E-state index in [0.717, 1.165) is 0 Å². The maximum atomic E-state index is 4.93. The van der Waals surface area contributed by atoms with Crippen molar-refractivity contribution in [3.05, 3.63) is 77.2 Å². The first-order valence-electron chi connectivity index (χ1n) is 7.92. The number of rotatable bonds is 2. The van der Waals surface area contributed by atoms with E-state index in [1.807, 2.05) is 11.3 Å². The molecule has 1 aromatic heterocycles. The van der Waals surface area contributed by atoms with Gasteiger partial charge >= 0.3 is 37.9 Å². The summed E-state index contributed by atoms with van der Waals surface area (Å²) in [5.41, 5.74) is 5.32. The summed E-state index contributed by atoms with van der Waals surface area (Å²) >= 11 is 1.04. The molecule has 0 radical (unpaired) electrons. The Morgan fingerprint density at radius 3 is 2.28 bits per heavy atom. The van der Waals surface area contributed by atoms with Crippen LogP contribution in [-0.2, 0) is 20.8 Å². The Hall–Kier alpha value is -0.787. The van der Waals surface area contributed by atoms with Crippen molar-refractivity contribution >= 4 is 39.1 Å². The molecule has 3 aromatic carbocycles. The van der Waals surface area contributed by atoms with Gasteiger partial charge in [0, 0.05) is 0 Å². The van der Waals surface area contributed by atoms with Crippen LogP contribution in [0.3, 0.4) is 0 Å². The molecule has 0 fully saturated rings. The van der Waals surface area contributed by atoms with Gasteiger partial charge in [-0.3, -0.25) is 0 Å². The van der Waals surface area contributed by atoms with Gasteiger partial charge in [0.15, 0.2) is 0 Å². The first kappa shape index (κ1) is 19.0. The number of fused-ring (bicyclic) bond motifs is 1. The van der Waals surface area contributed by atoms with Crippen molar-refractivity contribution in [3.63, 3.8) is 0 Å². The van der Waals surface area contributed by atoms with Crippen molar-refractivity contribution in [2.24, 2.45) is 0 Å². The third kappa shape index (κ3) is 4.31. The number of halogens is 2. The summed E-state index contributed by atoms with van der Waals surface area (Å²) in [4.78, 5) is 2.71. The summed E-state index contributed by atoms with van der Waals surface area (Å²) in [6, 6.07) is 24.2. The van der Waals surface area contributed by atoms with E-state index >= 15 is 0 Å². The molecule has 0 atom stereocenters. The Balaban J connectivity index is 0.000000569. The van der Waals surface area contributed by atoms with Crippen LogP contribution in [0.5, 0.6) is 0 Å². The molecule has 0 spiro atoms. The summed E-state index contributed by atoms with van der Waals surface area (Å²) in [5.74, 6) is 0. The fraction of sp³-hybridized carbons (Fsp3) is 0.0952. The van der Waals surface area contributed by atoms with Gasteiger partial charge in [-0.15, -0.1) is 34.5 Å². The summed E-state index contributed by atoms with van der Waals surface area (Å²) in [7, 11) is 9.87. The summed E-state index contributed by atoms with van der Waals surface area (Å²) in [6.07, 6.45) is 0. The average molecular weight is 464 g/mol. The van der Waals surface area contributed by atoms with Crippen LogP contribution in [-0.4, -0.2) is 0 Å². The zero-order chi connectivity index (χ0) is 17.8. The fourth-order valence-corrected chi connectivity index (χ4v) is 3.97. The molecule has 4 heteroatoms. The molecule has 0 unspecified atom stereocenters. The van der Waals surface area contributed by atoms with Gasteiger partial charge in [-0.2, -0.15) is 11.3 Å². The van der Waals surface area contributed by atoms with Gasteiger partial charge in [0.25, 0.3) is 0 Å². The van der Waals surface area contributed by atoms with E-state index in [1.165, 1.54) is 42.8 Å². The zero-order valence-corrected chi connectivity index (χ0v) is 18.8. The molecule has 1 heterocycles. The van der Waals surface area contributed by atoms with Gasteiger partial charge in [-0.1, -0.05) is 54.1 Å².